The van der Waals surface area contributed by atoms with Crippen molar-refractivity contribution in [1.29, 1.82) is 0 Å². The Hall–Kier alpha value is -0.690. The number of likely N-dealkylation sites (tertiary alicyclic amines) is 1. The van der Waals surface area contributed by atoms with Gasteiger partial charge in [-0.15, -0.1) is 21.5 Å². The minimum absolute atomic E-state index is 0.430. The molecule has 2 aromatic rings. The minimum atomic E-state index is 0.430. The topological polar surface area (TPSA) is 41.0 Å². The fraction of sp³-hybridized carbons (Fsp3) is 0.467. The van der Waals surface area contributed by atoms with Gasteiger partial charge in [0.25, 0.3) is 0 Å². The zero-order valence-electron chi connectivity index (χ0n) is 12.1. The Bertz CT molecular complexity index is 596. The predicted octanol–water partition coefficient (Wildman–Crippen LogP) is 4.28. The number of nitrogens with one attached hydrogen (secondary N) is 1. The van der Waals surface area contributed by atoms with Crippen LogP contribution in [-0.2, 0) is 6.54 Å². The Kier molecular flexibility index (Phi) is 5.68. The Balaban J connectivity index is 1.41. The van der Waals surface area contributed by atoms with Crippen molar-refractivity contribution in [2.45, 2.75) is 19.4 Å². The van der Waals surface area contributed by atoms with Gasteiger partial charge in [0.1, 0.15) is 5.82 Å². The summed E-state index contributed by atoms with van der Waals surface area (Å²) in [5.41, 5.74) is 0. The van der Waals surface area contributed by atoms with Crippen LogP contribution in [0.25, 0.3) is 0 Å². The average Bonchev–Trinajstić information content (AvgIpc) is 2.93. The number of hydrogen-bond donors (Lipinski definition) is 1. The van der Waals surface area contributed by atoms with Crippen LogP contribution in [0.2, 0.25) is 5.15 Å². The van der Waals surface area contributed by atoms with E-state index >= 15 is 0 Å². The van der Waals surface area contributed by atoms with Gasteiger partial charge in [0.2, 0.25) is 0 Å². The molecule has 0 aliphatic carbocycles. The lowest BCUT2D eigenvalue weighted by Gasteiger charge is -2.31. The van der Waals surface area contributed by atoms with Crippen LogP contribution in [0.5, 0.6) is 0 Å². The first-order valence-corrected chi connectivity index (χ1v) is 9.42. The fourth-order valence-electron chi connectivity index (χ4n) is 2.66. The maximum Gasteiger partial charge on any atom is 0.151 e. The van der Waals surface area contributed by atoms with Crippen molar-refractivity contribution in [3.63, 3.8) is 0 Å². The third-order valence-electron chi connectivity index (χ3n) is 3.91. The summed E-state index contributed by atoms with van der Waals surface area (Å²) >= 11 is 11.1. The van der Waals surface area contributed by atoms with Crippen LogP contribution < -0.4 is 5.32 Å². The van der Waals surface area contributed by atoms with Crippen molar-refractivity contribution < 1.29 is 0 Å². The second kappa shape index (κ2) is 7.73. The molecule has 3 heterocycles. The molecule has 1 fully saturated rings. The van der Waals surface area contributed by atoms with Crippen LogP contribution in [-0.4, -0.2) is 34.7 Å². The first-order valence-electron chi connectivity index (χ1n) is 7.37. The lowest BCUT2D eigenvalue weighted by molar-refractivity contribution is 0.183. The van der Waals surface area contributed by atoms with Crippen molar-refractivity contribution >= 4 is 44.7 Å². The predicted molar refractivity (Wildman–Crippen MR) is 95.6 cm³/mol. The molecule has 0 amide bonds. The third kappa shape index (κ3) is 4.65. The van der Waals surface area contributed by atoms with Gasteiger partial charge in [0.05, 0.1) is 0 Å². The number of aromatic nitrogens is 2. The van der Waals surface area contributed by atoms with Crippen molar-refractivity contribution in [1.82, 2.24) is 15.1 Å². The molecule has 4 nitrogen and oxygen atoms in total. The monoisotopic (exact) mass is 400 g/mol. The standard InChI is InChI=1S/C15H18BrClN4S/c16-12-7-13(22-10-12)9-21-5-3-11(4-6-21)8-18-15-2-1-14(17)19-20-15/h1-2,7,10-11H,3-6,8-9H2,(H,18,20). The summed E-state index contributed by atoms with van der Waals surface area (Å²) < 4.78 is 1.19. The number of piperidine rings is 1. The molecule has 0 radical (unpaired) electrons. The molecule has 1 N–H and O–H groups in total. The molecule has 1 aliphatic heterocycles. The van der Waals surface area contributed by atoms with Gasteiger partial charge < -0.3 is 5.32 Å². The number of halogens is 2. The second-order valence-electron chi connectivity index (χ2n) is 5.57. The van der Waals surface area contributed by atoms with Gasteiger partial charge in [-0.25, -0.2) is 0 Å². The van der Waals surface area contributed by atoms with Crippen molar-refractivity contribution in [3.05, 3.63) is 38.1 Å². The molecule has 1 aliphatic rings. The smallest absolute Gasteiger partial charge is 0.151 e. The van der Waals surface area contributed by atoms with E-state index in [1.54, 1.807) is 6.07 Å². The maximum absolute atomic E-state index is 5.74. The van der Waals surface area contributed by atoms with Gasteiger partial charge in [-0.2, -0.15) is 0 Å². The average molecular weight is 402 g/mol. The fourth-order valence-corrected chi connectivity index (χ4v) is 4.26. The maximum atomic E-state index is 5.74. The highest BCUT2D eigenvalue weighted by atomic mass is 79.9. The van der Waals surface area contributed by atoms with Gasteiger partial charge in [0.15, 0.2) is 5.15 Å². The van der Waals surface area contributed by atoms with Gasteiger partial charge in [-0.1, -0.05) is 11.6 Å². The van der Waals surface area contributed by atoms with E-state index < -0.39 is 0 Å². The quantitative estimate of drug-likeness (QED) is 0.812. The highest BCUT2D eigenvalue weighted by molar-refractivity contribution is 9.10. The van der Waals surface area contributed by atoms with Gasteiger partial charge in [0, 0.05) is 27.8 Å². The zero-order chi connectivity index (χ0) is 15.4. The molecule has 0 spiro atoms. The molecule has 0 unspecified atom stereocenters. The summed E-state index contributed by atoms with van der Waals surface area (Å²) in [6.07, 6.45) is 2.45. The molecule has 7 heteroatoms. The van der Waals surface area contributed by atoms with Crippen molar-refractivity contribution in [3.8, 4) is 0 Å². The lowest BCUT2D eigenvalue weighted by atomic mass is 9.97. The summed E-state index contributed by atoms with van der Waals surface area (Å²) in [6, 6.07) is 5.86. The lowest BCUT2D eigenvalue weighted by Crippen LogP contribution is -2.35. The molecule has 3 rings (SSSR count). The number of nitrogens with zero attached hydrogens (tertiary/aromatic N) is 3. The van der Waals surface area contributed by atoms with E-state index in [1.165, 1.54) is 22.2 Å². The minimum Gasteiger partial charge on any atom is -0.368 e. The van der Waals surface area contributed by atoms with Crippen LogP contribution in [0.4, 0.5) is 5.82 Å². The highest BCUT2D eigenvalue weighted by Crippen LogP contribution is 2.24. The van der Waals surface area contributed by atoms with Crippen LogP contribution in [0.3, 0.4) is 0 Å². The largest absolute Gasteiger partial charge is 0.368 e. The van der Waals surface area contributed by atoms with E-state index in [1.807, 2.05) is 17.4 Å². The molecule has 0 aromatic carbocycles. The van der Waals surface area contributed by atoms with Crippen molar-refractivity contribution in [2.75, 3.05) is 25.0 Å². The first kappa shape index (κ1) is 16.2. The Morgan fingerprint density at radius 1 is 1.32 bits per heavy atom. The van der Waals surface area contributed by atoms with Crippen LogP contribution in [0, 0.1) is 5.92 Å². The van der Waals surface area contributed by atoms with Gasteiger partial charge in [-0.05, 0) is 66.0 Å². The third-order valence-corrected chi connectivity index (χ3v) is 5.80. The molecule has 118 valence electrons. The van der Waals surface area contributed by atoms with E-state index in [-0.39, 0.29) is 0 Å². The van der Waals surface area contributed by atoms with E-state index in [4.69, 9.17) is 11.6 Å². The number of thiophene rings is 1. The van der Waals surface area contributed by atoms with Crippen LogP contribution in [0.15, 0.2) is 28.1 Å². The van der Waals surface area contributed by atoms with Gasteiger partial charge >= 0.3 is 0 Å². The van der Waals surface area contributed by atoms with E-state index in [9.17, 15) is 0 Å². The first-order chi connectivity index (χ1) is 10.7. The van der Waals surface area contributed by atoms with Crippen LogP contribution >= 0.6 is 38.9 Å². The number of hydrogen-bond acceptors (Lipinski definition) is 5. The molecule has 1 saturated heterocycles. The Labute approximate surface area is 148 Å². The Morgan fingerprint density at radius 3 is 2.77 bits per heavy atom. The molecule has 2 aromatic heterocycles. The summed E-state index contributed by atoms with van der Waals surface area (Å²) in [7, 11) is 0. The number of anilines is 1. The van der Waals surface area contributed by atoms with Crippen LogP contribution in [0.1, 0.15) is 17.7 Å². The van der Waals surface area contributed by atoms with Crippen molar-refractivity contribution in [2.24, 2.45) is 5.92 Å². The van der Waals surface area contributed by atoms with E-state index in [0.717, 1.165) is 32.0 Å². The van der Waals surface area contributed by atoms with E-state index in [0.29, 0.717) is 11.1 Å². The summed E-state index contributed by atoms with van der Waals surface area (Å²) in [4.78, 5) is 3.97. The molecular formula is C15H18BrClN4S. The number of rotatable bonds is 5. The zero-order valence-corrected chi connectivity index (χ0v) is 15.3. The highest BCUT2D eigenvalue weighted by Gasteiger charge is 2.19. The molecule has 0 atom stereocenters. The molecule has 0 bridgehead atoms. The Morgan fingerprint density at radius 2 is 2.14 bits per heavy atom. The van der Waals surface area contributed by atoms with Gasteiger partial charge in [-0.3, -0.25) is 4.90 Å². The summed E-state index contributed by atoms with van der Waals surface area (Å²) in [6.45, 7) is 4.34. The summed E-state index contributed by atoms with van der Waals surface area (Å²) in [5, 5.41) is 13.8. The molecular weight excluding hydrogens is 384 g/mol. The van der Waals surface area contributed by atoms with E-state index in [2.05, 4.69) is 47.8 Å². The molecule has 22 heavy (non-hydrogen) atoms. The summed E-state index contributed by atoms with van der Waals surface area (Å²) in [5.74, 6) is 1.50. The normalized spacial score (nSPS) is 16.8. The SMILES string of the molecule is Clc1ccc(NCC2CCN(Cc3cc(Br)cs3)CC2)nn1. The molecule has 0 saturated carbocycles. The second-order valence-corrected chi connectivity index (χ2v) is 7.87.